The van der Waals surface area contributed by atoms with Crippen LogP contribution in [0, 0.1) is 0 Å². The van der Waals surface area contributed by atoms with E-state index in [2.05, 4.69) is 10.3 Å². The van der Waals surface area contributed by atoms with Gasteiger partial charge in [0.05, 0.1) is 22.9 Å². The van der Waals surface area contributed by atoms with E-state index in [9.17, 15) is 4.79 Å². The van der Waals surface area contributed by atoms with E-state index in [0.717, 1.165) is 34.7 Å². The molecule has 5 nitrogen and oxygen atoms in total. The topological polar surface area (TPSA) is 60.5 Å². The first-order valence-electron chi connectivity index (χ1n) is 8.75. The number of rotatable bonds is 6. The van der Waals surface area contributed by atoms with Crippen molar-refractivity contribution in [3.8, 4) is 5.75 Å². The Balaban J connectivity index is 1.35. The molecule has 1 saturated heterocycles. The maximum absolute atomic E-state index is 12.4. The molecule has 1 amide bonds. The molecule has 6 heteroatoms. The van der Waals surface area contributed by atoms with Crippen molar-refractivity contribution in [1.29, 1.82) is 0 Å². The molecule has 4 rings (SSSR count). The molecule has 1 aromatic heterocycles. The van der Waals surface area contributed by atoms with Gasteiger partial charge in [-0.1, -0.05) is 18.2 Å². The summed E-state index contributed by atoms with van der Waals surface area (Å²) in [4.78, 5) is 17.0. The fourth-order valence-electron chi connectivity index (χ4n) is 2.95. The lowest BCUT2D eigenvalue weighted by Crippen LogP contribution is -2.22. The van der Waals surface area contributed by atoms with Gasteiger partial charge in [-0.2, -0.15) is 0 Å². The highest BCUT2D eigenvalue weighted by molar-refractivity contribution is 7.18. The Labute approximate surface area is 156 Å². The number of hydrogen-bond acceptors (Lipinski definition) is 5. The van der Waals surface area contributed by atoms with Crippen LogP contribution in [0.1, 0.15) is 28.2 Å². The molecule has 1 fully saturated rings. The van der Waals surface area contributed by atoms with E-state index < -0.39 is 0 Å². The van der Waals surface area contributed by atoms with E-state index in [1.54, 1.807) is 23.5 Å². The summed E-state index contributed by atoms with van der Waals surface area (Å²) in [6, 6.07) is 15.2. The van der Waals surface area contributed by atoms with Crippen molar-refractivity contribution in [2.24, 2.45) is 0 Å². The van der Waals surface area contributed by atoms with Crippen molar-refractivity contribution in [2.45, 2.75) is 25.5 Å². The molecule has 1 aliphatic rings. The third-order valence-electron chi connectivity index (χ3n) is 4.29. The van der Waals surface area contributed by atoms with Crippen LogP contribution < -0.4 is 10.1 Å². The molecule has 134 valence electrons. The van der Waals surface area contributed by atoms with E-state index in [0.29, 0.717) is 24.5 Å². The molecule has 26 heavy (non-hydrogen) atoms. The van der Waals surface area contributed by atoms with Gasteiger partial charge in [-0.25, -0.2) is 4.98 Å². The minimum absolute atomic E-state index is 0.133. The average Bonchev–Trinajstić information content (AvgIpc) is 3.33. The van der Waals surface area contributed by atoms with Gasteiger partial charge in [0.2, 0.25) is 0 Å². The standard InChI is InChI=1S/C20H20N2O3S/c23-20(21-12-19-22-17-8-1-2-9-18(17)26-19)14-5-3-6-15(11-14)25-13-16-7-4-10-24-16/h1-3,5-6,8-9,11,16H,4,7,10,12-13H2,(H,21,23). The van der Waals surface area contributed by atoms with E-state index in [1.165, 1.54) is 0 Å². The zero-order chi connectivity index (χ0) is 17.8. The lowest BCUT2D eigenvalue weighted by molar-refractivity contribution is 0.0679. The molecule has 0 spiro atoms. The Bertz CT molecular complexity index is 870. The third kappa shape index (κ3) is 4.03. The van der Waals surface area contributed by atoms with Crippen molar-refractivity contribution < 1.29 is 14.3 Å². The number of nitrogens with zero attached hydrogens (tertiary/aromatic N) is 1. The summed E-state index contributed by atoms with van der Waals surface area (Å²) < 4.78 is 12.4. The lowest BCUT2D eigenvalue weighted by Gasteiger charge is -2.12. The van der Waals surface area contributed by atoms with E-state index in [-0.39, 0.29) is 12.0 Å². The quantitative estimate of drug-likeness (QED) is 0.719. The van der Waals surface area contributed by atoms with Crippen LogP contribution >= 0.6 is 11.3 Å². The fourth-order valence-corrected chi connectivity index (χ4v) is 3.85. The first kappa shape index (κ1) is 17.0. The van der Waals surface area contributed by atoms with Crippen LogP contribution in [-0.2, 0) is 11.3 Å². The SMILES string of the molecule is O=C(NCc1nc2ccccc2s1)c1cccc(OCC2CCCO2)c1. The number of carbonyl (C=O) groups is 1. The maximum Gasteiger partial charge on any atom is 0.251 e. The first-order chi connectivity index (χ1) is 12.8. The summed E-state index contributed by atoms with van der Waals surface area (Å²) >= 11 is 1.60. The number of para-hydroxylation sites is 1. The molecule has 0 bridgehead atoms. The molecule has 2 heterocycles. The van der Waals surface area contributed by atoms with Crippen molar-refractivity contribution in [2.75, 3.05) is 13.2 Å². The van der Waals surface area contributed by atoms with E-state index in [4.69, 9.17) is 9.47 Å². The number of fused-ring (bicyclic) bond motifs is 1. The van der Waals surface area contributed by atoms with Gasteiger partial charge in [0.15, 0.2) is 0 Å². The monoisotopic (exact) mass is 368 g/mol. The molecular formula is C20H20N2O3S. The summed E-state index contributed by atoms with van der Waals surface area (Å²) in [6.45, 7) is 1.75. The fraction of sp³-hybridized carbons (Fsp3) is 0.300. The van der Waals surface area contributed by atoms with Gasteiger partial charge in [-0.3, -0.25) is 4.79 Å². The summed E-state index contributed by atoms with van der Waals surface area (Å²) in [7, 11) is 0. The number of amides is 1. The smallest absolute Gasteiger partial charge is 0.251 e. The van der Waals surface area contributed by atoms with Crippen LogP contribution in [0.3, 0.4) is 0 Å². The second-order valence-corrected chi connectivity index (χ2v) is 7.35. The van der Waals surface area contributed by atoms with Crippen molar-refractivity contribution >= 4 is 27.5 Å². The highest BCUT2D eigenvalue weighted by atomic mass is 32.1. The Morgan fingerprint density at radius 1 is 1.27 bits per heavy atom. The molecule has 0 saturated carbocycles. The van der Waals surface area contributed by atoms with Crippen LogP contribution in [0.2, 0.25) is 0 Å². The second-order valence-electron chi connectivity index (χ2n) is 6.23. The molecule has 1 atom stereocenters. The van der Waals surface area contributed by atoms with Crippen LogP contribution in [0.5, 0.6) is 5.75 Å². The van der Waals surface area contributed by atoms with Crippen LogP contribution in [-0.4, -0.2) is 30.2 Å². The Morgan fingerprint density at radius 3 is 3.04 bits per heavy atom. The summed E-state index contributed by atoms with van der Waals surface area (Å²) in [5, 5.41) is 3.82. The molecule has 1 N–H and O–H groups in total. The van der Waals surface area contributed by atoms with Crippen LogP contribution in [0.4, 0.5) is 0 Å². The Hall–Kier alpha value is -2.44. The molecule has 1 unspecified atom stereocenters. The van der Waals surface area contributed by atoms with E-state index >= 15 is 0 Å². The van der Waals surface area contributed by atoms with Gasteiger partial charge >= 0.3 is 0 Å². The minimum atomic E-state index is -0.133. The van der Waals surface area contributed by atoms with Gasteiger partial charge in [0.25, 0.3) is 5.91 Å². The highest BCUT2D eigenvalue weighted by Gasteiger charge is 2.16. The summed E-state index contributed by atoms with van der Waals surface area (Å²) in [5.41, 5.74) is 1.54. The lowest BCUT2D eigenvalue weighted by atomic mass is 10.2. The normalized spacial score (nSPS) is 16.7. The van der Waals surface area contributed by atoms with Gasteiger partial charge < -0.3 is 14.8 Å². The molecule has 0 radical (unpaired) electrons. The number of aromatic nitrogens is 1. The predicted octanol–water partition coefficient (Wildman–Crippen LogP) is 3.78. The number of hydrogen-bond donors (Lipinski definition) is 1. The molecular weight excluding hydrogens is 348 g/mol. The maximum atomic E-state index is 12.4. The van der Waals surface area contributed by atoms with Gasteiger partial charge in [-0.05, 0) is 43.2 Å². The number of ether oxygens (including phenoxy) is 2. The van der Waals surface area contributed by atoms with Crippen LogP contribution in [0.15, 0.2) is 48.5 Å². The molecule has 0 aliphatic carbocycles. The second kappa shape index (κ2) is 7.85. The number of carbonyl (C=O) groups excluding carboxylic acids is 1. The van der Waals surface area contributed by atoms with Crippen molar-refractivity contribution in [3.63, 3.8) is 0 Å². The molecule has 3 aromatic rings. The third-order valence-corrected chi connectivity index (χ3v) is 5.33. The zero-order valence-electron chi connectivity index (χ0n) is 14.3. The summed E-state index contributed by atoms with van der Waals surface area (Å²) in [5.74, 6) is 0.556. The Morgan fingerprint density at radius 2 is 2.19 bits per heavy atom. The largest absolute Gasteiger partial charge is 0.491 e. The first-order valence-corrected chi connectivity index (χ1v) is 9.57. The predicted molar refractivity (Wildman–Crippen MR) is 102 cm³/mol. The molecule has 1 aliphatic heterocycles. The Kier molecular flexibility index (Phi) is 5.13. The van der Waals surface area contributed by atoms with Crippen molar-refractivity contribution in [3.05, 3.63) is 59.1 Å². The number of nitrogens with one attached hydrogen (secondary N) is 1. The average molecular weight is 368 g/mol. The highest BCUT2D eigenvalue weighted by Crippen LogP contribution is 2.21. The van der Waals surface area contributed by atoms with Crippen LogP contribution in [0.25, 0.3) is 10.2 Å². The summed E-state index contributed by atoms with van der Waals surface area (Å²) in [6.07, 6.45) is 2.27. The van der Waals surface area contributed by atoms with Crippen molar-refractivity contribution in [1.82, 2.24) is 10.3 Å². The van der Waals surface area contributed by atoms with E-state index in [1.807, 2.05) is 36.4 Å². The molecule has 2 aromatic carbocycles. The zero-order valence-corrected chi connectivity index (χ0v) is 15.1. The van der Waals surface area contributed by atoms with Gasteiger partial charge in [0.1, 0.15) is 17.4 Å². The minimum Gasteiger partial charge on any atom is -0.491 e. The number of benzene rings is 2. The van der Waals surface area contributed by atoms with Gasteiger partial charge in [-0.15, -0.1) is 11.3 Å². The van der Waals surface area contributed by atoms with Gasteiger partial charge in [0, 0.05) is 12.2 Å². The number of thiazole rings is 1.